The Bertz CT molecular complexity index is 2430. The second-order valence-electron chi connectivity index (χ2n) is 18.2. The van der Waals surface area contributed by atoms with E-state index in [0.717, 1.165) is 5.56 Å². The molecule has 73 heavy (non-hydrogen) atoms. The van der Waals surface area contributed by atoms with E-state index in [1.165, 1.54) is 36.4 Å². The fraction of sp³-hybridized carbons (Fsp3) is 0.500. The summed E-state index contributed by atoms with van der Waals surface area (Å²) in [6, 6.07) is 14.5. The van der Waals surface area contributed by atoms with Crippen LogP contribution in [0.15, 0.2) is 69.5 Å². The lowest BCUT2D eigenvalue weighted by molar-refractivity contribution is -0.197. The van der Waals surface area contributed by atoms with Crippen LogP contribution >= 0.6 is 54.0 Å². The Morgan fingerprint density at radius 1 is 0.644 bits per heavy atom. The van der Waals surface area contributed by atoms with E-state index in [1.54, 1.807) is 52.2 Å². The van der Waals surface area contributed by atoms with E-state index in [1.807, 2.05) is 23.9 Å². The molecule has 0 saturated heterocycles. The molecule has 0 radical (unpaired) electrons. The average Bonchev–Trinajstić information content (AvgIpc) is 4.15. The maximum atomic E-state index is 14.1. The predicted octanol–water partition coefficient (Wildman–Crippen LogP) is 8.23. The highest BCUT2D eigenvalue weighted by molar-refractivity contribution is 7.59. The number of nitrogens with one attached hydrogen (secondary N) is 1. The molecule has 2 heterocycles. The number of alkyl halides is 6. The van der Waals surface area contributed by atoms with Crippen molar-refractivity contribution in [3.8, 4) is 0 Å². The summed E-state index contributed by atoms with van der Waals surface area (Å²) in [5.74, 6) is -5.68. The van der Waals surface area contributed by atoms with Crippen LogP contribution in [0.2, 0.25) is 0 Å². The minimum Gasteiger partial charge on any atom is -0.481 e. The highest BCUT2D eigenvalue weighted by atomic mass is 32.1. The number of primary amides is 2. The van der Waals surface area contributed by atoms with Crippen LogP contribution in [-0.4, -0.2) is 104 Å². The number of amides is 3. The van der Waals surface area contributed by atoms with Gasteiger partial charge in [-0.1, -0.05) is 12.1 Å². The van der Waals surface area contributed by atoms with Crippen LogP contribution in [0.4, 0.5) is 35.1 Å². The smallest absolute Gasteiger partial charge is 0.395 e. The van der Waals surface area contributed by atoms with Gasteiger partial charge in [-0.3, -0.25) is 19.2 Å². The van der Waals surface area contributed by atoms with E-state index in [0.29, 0.717) is 36.5 Å². The summed E-state index contributed by atoms with van der Waals surface area (Å²) in [5.41, 5.74) is 13.0. The number of hydrogen-bond acceptors (Lipinski definition) is 9. The number of likely N-dealkylation sites (N-methyl/N-ethyl adjacent to an activating group) is 2. The largest absolute Gasteiger partial charge is 0.481 e. The molecule has 25 heteroatoms. The highest BCUT2D eigenvalue weighted by Crippen LogP contribution is 2.67. The SMILES string of the molecule is CN(C)[C@H](CN)Cc1ccc(C(N)=O)c(F)c1.Cc1ccc([C@@H](CC(=O)NC[C@H](Cc2ccc(C(N)=O)c(F)c2)N(C)C)C2(C(F)(F)F)CC2)o1.Cc1ccc([C@@H](CC(=O)O)C2(C(F)(F)F)CC2)o1.S.S.S.S. The van der Waals surface area contributed by atoms with Crippen molar-refractivity contribution < 1.29 is 68.2 Å². The standard InChI is InChI=1S/C24H29F4N3O3.C12H13F3O3.C12H18FN3O.4H2S/c1-14-4-7-20(34-14)18(23(8-9-23)24(26,27)28)12-21(32)30-13-16(31(2)3)10-15-5-6-17(22(29)33)19(25)11-15;1-7-2-3-9(18-7)8(6-10(16)17)11(4-5-11)12(13,14)15;1-16(2)9(7-14)5-8-3-4-10(12(15)17)11(13)6-8;;;;/h4-7,11,16,18H,8-10,12-13H2,1-3H3,(H2,29,33)(H,30,32);2-3,8H,4-6H2,1H3,(H,16,17);3-4,6,9H,5,7,14H2,1-2H3,(H2,15,17);4*1H2/t16-,18+;8-;9-;;;;/m010..../s1. The molecule has 6 rings (SSSR count). The number of aryl methyl sites for hydroxylation is 2. The minimum absolute atomic E-state index is 0. The Morgan fingerprint density at radius 2 is 1.01 bits per heavy atom. The van der Waals surface area contributed by atoms with Gasteiger partial charge in [-0.25, -0.2) is 8.78 Å². The molecule has 2 aromatic heterocycles. The minimum atomic E-state index is -4.44. The van der Waals surface area contributed by atoms with Crippen molar-refractivity contribution >= 4 is 77.7 Å². The third-order valence-corrected chi connectivity index (χ3v) is 12.8. The highest BCUT2D eigenvalue weighted by Gasteiger charge is 2.69. The van der Waals surface area contributed by atoms with Crippen molar-refractivity contribution in [2.45, 2.75) is 101 Å². The van der Waals surface area contributed by atoms with Crippen molar-refractivity contribution in [1.82, 2.24) is 15.1 Å². The second kappa shape index (κ2) is 28.5. The Labute approximate surface area is 447 Å². The summed E-state index contributed by atoms with van der Waals surface area (Å²) in [7, 11) is 7.40. The molecule has 412 valence electrons. The molecule has 13 nitrogen and oxygen atoms in total. The molecule has 2 aliphatic carbocycles. The summed E-state index contributed by atoms with van der Waals surface area (Å²) in [6.45, 7) is 3.91. The van der Waals surface area contributed by atoms with E-state index in [2.05, 4.69) is 5.32 Å². The van der Waals surface area contributed by atoms with E-state index in [4.69, 9.17) is 31.1 Å². The van der Waals surface area contributed by atoms with Gasteiger partial charge in [0.05, 0.1) is 28.4 Å². The zero-order valence-corrected chi connectivity index (χ0v) is 45.2. The van der Waals surface area contributed by atoms with Gasteiger partial charge in [-0.05, 0) is 140 Å². The molecule has 2 fully saturated rings. The van der Waals surface area contributed by atoms with Gasteiger partial charge in [0.15, 0.2) is 0 Å². The van der Waals surface area contributed by atoms with Gasteiger partial charge in [0.1, 0.15) is 34.7 Å². The van der Waals surface area contributed by atoms with Gasteiger partial charge in [-0.2, -0.15) is 80.3 Å². The number of halogens is 8. The number of nitrogens with zero attached hydrogens (tertiary/aromatic N) is 2. The van der Waals surface area contributed by atoms with E-state index < -0.39 is 76.8 Å². The predicted molar refractivity (Wildman–Crippen MR) is 280 cm³/mol. The molecule has 0 aliphatic heterocycles. The summed E-state index contributed by atoms with van der Waals surface area (Å²) in [6.07, 6.45) is -8.91. The molecule has 0 spiro atoms. The molecule has 4 aromatic rings. The van der Waals surface area contributed by atoms with Crippen LogP contribution in [0.1, 0.15) is 105 Å². The first-order valence-corrected chi connectivity index (χ1v) is 22.0. The molecular formula is C48H68F8N6O7S4. The zero-order chi connectivity index (χ0) is 51.8. The van der Waals surface area contributed by atoms with Crippen LogP contribution in [0.5, 0.6) is 0 Å². The Hall–Kier alpha value is -4.40. The molecule has 0 bridgehead atoms. The summed E-state index contributed by atoms with van der Waals surface area (Å²) < 4.78 is 119. The fourth-order valence-corrected chi connectivity index (χ4v) is 8.24. The normalized spacial score (nSPS) is 15.6. The van der Waals surface area contributed by atoms with Gasteiger partial charge in [0.2, 0.25) is 5.91 Å². The van der Waals surface area contributed by atoms with E-state index >= 15 is 0 Å². The van der Waals surface area contributed by atoms with Gasteiger partial charge in [-0.15, -0.1) is 0 Å². The third-order valence-electron chi connectivity index (χ3n) is 12.8. The summed E-state index contributed by atoms with van der Waals surface area (Å²) in [5, 5.41) is 11.5. The Kier molecular flexibility index (Phi) is 26.8. The molecule has 0 unspecified atom stereocenters. The van der Waals surface area contributed by atoms with Crippen LogP contribution in [0, 0.1) is 36.3 Å². The van der Waals surface area contributed by atoms with E-state index in [9.17, 15) is 54.3 Å². The zero-order valence-electron chi connectivity index (χ0n) is 41.2. The number of carbonyl (C=O) groups excluding carboxylic acids is 3. The number of carbonyl (C=O) groups is 4. The van der Waals surface area contributed by atoms with Crippen molar-refractivity contribution in [2.75, 3.05) is 41.3 Å². The maximum absolute atomic E-state index is 14.1. The first kappa shape index (κ1) is 68.6. The molecular weight excluding hydrogens is 1050 g/mol. The second-order valence-corrected chi connectivity index (χ2v) is 18.2. The quantitative estimate of drug-likeness (QED) is 0.0568. The summed E-state index contributed by atoms with van der Waals surface area (Å²) in [4.78, 5) is 49.4. The molecule has 3 amide bonds. The van der Waals surface area contributed by atoms with Crippen molar-refractivity contribution in [2.24, 2.45) is 28.0 Å². The van der Waals surface area contributed by atoms with Crippen LogP contribution in [-0.2, 0) is 22.4 Å². The topological polar surface area (TPSA) is 211 Å². The van der Waals surface area contributed by atoms with Crippen molar-refractivity contribution in [3.05, 3.63) is 118 Å². The molecule has 4 atom stereocenters. The number of carboxylic acid groups (broad SMARTS) is 1. The number of benzene rings is 2. The molecule has 2 saturated carbocycles. The third kappa shape index (κ3) is 18.2. The van der Waals surface area contributed by atoms with Crippen LogP contribution < -0.4 is 22.5 Å². The first-order chi connectivity index (χ1) is 32.0. The molecule has 2 aliphatic rings. The van der Waals surface area contributed by atoms with E-state index in [-0.39, 0.29) is 127 Å². The van der Waals surface area contributed by atoms with Crippen molar-refractivity contribution in [3.63, 3.8) is 0 Å². The fourth-order valence-electron chi connectivity index (χ4n) is 8.24. The molecule has 2 aromatic carbocycles. The van der Waals surface area contributed by atoms with Crippen molar-refractivity contribution in [1.29, 1.82) is 0 Å². The van der Waals surface area contributed by atoms with Gasteiger partial charge < -0.3 is 46.3 Å². The number of hydrogen-bond donors (Lipinski definition) is 5. The van der Waals surface area contributed by atoms with Gasteiger partial charge >= 0.3 is 18.3 Å². The lowest BCUT2D eigenvalue weighted by Gasteiger charge is -2.28. The number of carboxylic acids is 1. The molecule has 8 N–H and O–H groups in total. The average molecular weight is 1120 g/mol. The van der Waals surface area contributed by atoms with Gasteiger partial charge in [0, 0.05) is 43.4 Å². The lowest BCUT2D eigenvalue weighted by atomic mass is 9.83. The number of aliphatic carboxylic acids is 1. The number of furan rings is 2. The first-order valence-electron chi connectivity index (χ1n) is 22.0. The lowest BCUT2D eigenvalue weighted by Crippen LogP contribution is -2.42. The van der Waals surface area contributed by atoms with Crippen LogP contribution in [0.25, 0.3) is 0 Å². The monoisotopic (exact) mass is 1120 g/mol. The number of rotatable bonds is 19. The van der Waals surface area contributed by atoms with Gasteiger partial charge in [0.25, 0.3) is 11.8 Å². The maximum Gasteiger partial charge on any atom is 0.395 e. The van der Waals surface area contributed by atoms with Crippen LogP contribution in [0.3, 0.4) is 0 Å². The number of nitrogens with two attached hydrogens (primary N) is 3. The summed E-state index contributed by atoms with van der Waals surface area (Å²) >= 11 is 0. The Balaban J connectivity index is 0.00000113. The Morgan fingerprint density at radius 3 is 1.29 bits per heavy atom.